The highest BCUT2D eigenvalue weighted by Gasteiger charge is 2.17. The number of pyridine rings is 1. The Kier molecular flexibility index (Phi) is 6.00. The Bertz CT molecular complexity index is 417. The smallest absolute Gasteiger partial charge is 0.126 e. The second kappa shape index (κ2) is 7.07. The molecule has 1 aromatic heterocycles. The van der Waals surface area contributed by atoms with Crippen LogP contribution in [-0.2, 0) is 12.0 Å². The van der Waals surface area contributed by atoms with E-state index in [9.17, 15) is 0 Å². The summed E-state index contributed by atoms with van der Waals surface area (Å²) in [5, 5.41) is 6.92. The number of hydrogen-bond acceptors (Lipinski definition) is 3. The summed E-state index contributed by atoms with van der Waals surface area (Å²) in [4.78, 5) is 4.75. The lowest BCUT2D eigenvalue weighted by Gasteiger charge is -2.21. The zero-order valence-electron chi connectivity index (χ0n) is 14.2. The van der Waals surface area contributed by atoms with Gasteiger partial charge in [0.1, 0.15) is 5.82 Å². The largest absolute Gasteiger partial charge is 0.368 e. The number of hydrogen-bond donors (Lipinski definition) is 2. The van der Waals surface area contributed by atoms with Crippen molar-refractivity contribution in [2.45, 2.75) is 66.5 Å². The van der Waals surface area contributed by atoms with Gasteiger partial charge in [0.25, 0.3) is 0 Å². The first kappa shape index (κ1) is 17.0. The molecule has 1 aromatic rings. The first-order valence-corrected chi connectivity index (χ1v) is 7.67. The third-order valence-electron chi connectivity index (χ3n) is 2.97. The van der Waals surface area contributed by atoms with E-state index in [4.69, 9.17) is 4.98 Å². The van der Waals surface area contributed by atoms with E-state index >= 15 is 0 Å². The van der Waals surface area contributed by atoms with Gasteiger partial charge in [0.2, 0.25) is 0 Å². The molecule has 2 N–H and O–H groups in total. The second-order valence-electron chi connectivity index (χ2n) is 7.32. The van der Waals surface area contributed by atoms with Crippen molar-refractivity contribution in [2.75, 3.05) is 11.9 Å². The number of rotatable bonds is 6. The van der Waals surface area contributed by atoms with Crippen LogP contribution in [0, 0.1) is 5.92 Å². The Labute approximate surface area is 124 Å². The van der Waals surface area contributed by atoms with Crippen molar-refractivity contribution < 1.29 is 0 Å². The third kappa shape index (κ3) is 5.91. The minimum Gasteiger partial charge on any atom is -0.368 e. The van der Waals surface area contributed by atoms with Gasteiger partial charge < -0.3 is 10.6 Å². The molecule has 1 rings (SSSR count). The second-order valence-corrected chi connectivity index (χ2v) is 7.32. The maximum Gasteiger partial charge on any atom is 0.126 e. The fourth-order valence-corrected chi connectivity index (χ4v) is 1.95. The van der Waals surface area contributed by atoms with E-state index in [1.807, 2.05) is 0 Å². The van der Waals surface area contributed by atoms with Gasteiger partial charge >= 0.3 is 0 Å². The van der Waals surface area contributed by atoms with Crippen molar-refractivity contribution in [1.29, 1.82) is 0 Å². The van der Waals surface area contributed by atoms with E-state index in [1.54, 1.807) is 0 Å². The van der Waals surface area contributed by atoms with Crippen LogP contribution < -0.4 is 10.6 Å². The molecule has 0 atom stereocenters. The lowest BCUT2D eigenvalue weighted by Crippen LogP contribution is -2.21. The summed E-state index contributed by atoms with van der Waals surface area (Å²) in [6, 6.07) is 4.77. The third-order valence-corrected chi connectivity index (χ3v) is 2.97. The van der Waals surface area contributed by atoms with Gasteiger partial charge in [0.05, 0.1) is 0 Å². The molecule has 0 amide bonds. The van der Waals surface area contributed by atoms with Crippen LogP contribution in [0.25, 0.3) is 0 Å². The Balaban J connectivity index is 2.92. The van der Waals surface area contributed by atoms with Gasteiger partial charge in [-0.25, -0.2) is 4.98 Å². The summed E-state index contributed by atoms with van der Waals surface area (Å²) >= 11 is 0. The molecule has 0 saturated heterocycles. The van der Waals surface area contributed by atoms with Gasteiger partial charge in [-0.3, -0.25) is 0 Å². The molecular weight excluding hydrogens is 246 g/mol. The van der Waals surface area contributed by atoms with Gasteiger partial charge in [-0.2, -0.15) is 0 Å². The van der Waals surface area contributed by atoms with Gasteiger partial charge in [-0.1, -0.05) is 34.6 Å². The molecule has 0 unspecified atom stereocenters. The molecule has 0 saturated carbocycles. The standard InChI is InChI=1S/C17H31N3/c1-12(2)10-18-11-14-8-15(17(5,6)7)20-16(9-14)19-13(3)4/h8-9,12-13,18H,10-11H2,1-7H3,(H,19,20). The van der Waals surface area contributed by atoms with Gasteiger partial charge in [0.15, 0.2) is 0 Å². The minimum absolute atomic E-state index is 0.0709. The van der Waals surface area contributed by atoms with Crippen LogP contribution >= 0.6 is 0 Å². The Hall–Kier alpha value is -1.09. The van der Waals surface area contributed by atoms with E-state index in [-0.39, 0.29) is 5.41 Å². The van der Waals surface area contributed by atoms with Crippen LogP contribution in [0.5, 0.6) is 0 Å². The molecule has 0 radical (unpaired) electrons. The summed E-state index contributed by atoms with van der Waals surface area (Å²) in [7, 11) is 0. The predicted octanol–water partition coefficient (Wildman–Crippen LogP) is 3.95. The van der Waals surface area contributed by atoms with Gasteiger partial charge in [-0.15, -0.1) is 0 Å². The van der Waals surface area contributed by atoms with Crippen molar-refractivity contribution in [2.24, 2.45) is 5.92 Å². The summed E-state index contributed by atoms with van der Waals surface area (Å²) in [5.41, 5.74) is 2.51. The van der Waals surface area contributed by atoms with Crippen molar-refractivity contribution in [1.82, 2.24) is 10.3 Å². The summed E-state index contributed by atoms with van der Waals surface area (Å²) in [6.45, 7) is 17.3. The molecule has 0 fully saturated rings. The molecule has 0 bridgehead atoms. The van der Waals surface area contributed by atoms with Crippen molar-refractivity contribution in [3.05, 3.63) is 23.4 Å². The summed E-state index contributed by atoms with van der Waals surface area (Å²) in [5.74, 6) is 1.65. The van der Waals surface area contributed by atoms with E-state index in [2.05, 4.69) is 71.2 Å². The zero-order valence-corrected chi connectivity index (χ0v) is 14.2. The number of nitrogens with zero attached hydrogens (tertiary/aromatic N) is 1. The summed E-state index contributed by atoms with van der Waals surface area (Å²) in [6.07, 6.45) is 0. The van der Waals surface area contributed by atoms with Crippen molar-refractivity contribution in [3.63, 3.8) is 0 Å². The lowest BCUT2D eigenvalue weighted by atomic mass is 9.90. The van der Waals surface area contributed by atoms with Gasteiger partial charge in [0, 0.05) is 23.7 Å². The molecule has 114 valence electrons. The first-order chi connectivity index (χ1) is 9.18. The average molecular weight is 277 g/mol. The molecular formula is C17H31N3. The van der Waals surface area contributed by atoms with E-state index in [1.165, 1.54) is 5.56 Å². The first-order valence-electron chi connectivity index (χ1n) is 7.67. The monoisotopic (exact) mass is 277 g/mol. The quantitative estimate of drug-likeness (QED) is 0.827. The molecule has 20 heavy (non-hydrogen) atoms. The normalized spacial score (nSPS) is 12.2. The number of nitrogens with one attached hydrogen (secondary N) is 2. The predicted molar refractivity (Wildman–Crippen MR) is 88.2 cm³/mol. The highest BCUT2D eigenvalue weighted by Crippen LogP contribution is 2.23. The number of anilines is 1. The molecule has 3 nitrogen and oxygen atoms in total. The zero-order chi connectivity index (χ0) is 15.3. The van der Waals surface area contributed by atoms with Crippen LogP contribution in [0.1, 0.15) is 59.7 Å². The Morgan fingerprint density at radius 2 is 1.75 bits per heavy atom. The molecule has 0 spiro atoms. The molecule has 0 aliphatic rings. The molecule has 1 heterocycles. The fourth-order valence-electron chi connectivity index (χ4n) is 1.95. The Morgan fingerprint density at radius 3 is 2.25 bits per heavy atom. The SMILES string of the molecule is CC(C)CNCc1cc(NC(C)C)nc(C(C)(C)C)c1. The topological polar surface area (TPSA) is 37.0 Å². The average Bonchev–Trinajstić information content (AvgIpc) is 2.25. The maximum absolute atomic E-state index is 4.75. The van der Waals surface area contributed by atoms with E-state index in [0.717, 1.165) is 24.6 Å². The molecule has 3 heteroatoms. The van der Waals surface area contributed by atoms with Crippen LogP contribution in [0.3, 0.4) is 0 Å². The van der Waals surface area contributed by atoms with E-state index < -0.39 is 0 Å². The van der Waals surface area contributed by atoms with Crippen LogP contribution in [0.15, 0.2) is 12.1 Å². The fraction of sp³-hybridized carbons (Fsp3) is 0.706. The molecule has 0 aliphatic heterocycles. The minimum atomic E-state index is 0.0709. The maximum atomic E-state index is 4.75. The van der Waals surface area contributed by atoms with Gasteiger partial charge in [-0.05, 0) is 44.0 Å². The molecule has 0 aliphatic carbocycles. The van der Waals surface area contributed by atoms with Crippen LogP contribution in [0.2, 0.25) is 0 Å². The Morgan fingerprint density at radius 1 is 1.10 bits per heavy atom. The van der Waals surface area contributed by atoms with Crippen molar-refractivity contribution >= 4 is 5.82 Å². The highest BCUT2D eigenvalue weighted by atomic mass is 15.0. The van der Waals surface area contributed by atoms with E-state index in [0.29, 0.717) is 12.0 Å². The van der Waals surface area contributed by atoms with Crippen LogP contribution in [0.4, 0.5) is 5.82 Å². The summed E-state index contributed by atoms with van der Waals surface area (Å²) < 4.78 is 0. The number of aromatic nitrogens is 1. The highest BCUT2D eigenvalue weighted by molar-refractivity contribution is 5.41. The van der Waals surface area contributed by atoms with Crippen LogP contribution in [-0.4, -0.2) is 17.6 Å². The van der Waals surface area contributed by atoms with Crippen molar-refractivity contribution in [3.8, 4) is 0 Å². The molecule has 0 aromatic carbocycles. The lowest BCUT2D eigenvalue weighted by molar-refractivity contribution is 0.546.